The molecule has 12 heteroatoms. The highest BCUT2D eigenvalue weighted by molar-refractivity contribution is 7.71. The Morgan fingerprint density at radius 2 is 1.83 bits per heavy atom. The van der Waals surface area contributed by atoms with Gasteiger partial charge in [0.15, 0.2) is 11.0 Å². The molecular formula is C23H33FN3O6PS. The van der Waals surface area contributed by atoms with Gasteiger partial charge in [-0.05, 0) is 65.9 Å². The molecule has 0 saturated heterocycles. The molecule has 35 heavy (non-hydrogen) atoms. The van der Waals surface area contributed by atoms with Gasteiger partial charge in [-0.1, -0.05) is 18.2 Å². The molecule has 0 spiro atoms. The molecule has 1 aromatic carbocycles. The molecule has 0 saturated carbocycles. The number of aromatic nitrogens is 2. The first kappa shape index (κ1) is 28.9. The Morgan fingerprint density at radius 1 is 1.20 bits per heavy atom. The summed E-state index contributed by atoms with van der Waals surface area (Å²) in [5.74, 6) is -0.260. The minimum atomic E-state index is -3.75. The molecular weight excluding hydrogens is 496 g/mol. The molecule has 9 nitrogen and oxygen atoms in total. The average Bonchev–Trinajstić information content (AvgIpc) is 2.74. The molecule has 0 radical (unpaired) electrons. The minimum absolute atomic E-state index is 0.00537. The molecule has 0 aliphatic heterocycles. The highest BCUT2D eigenvalue weighted by atomic mass is 32.1. The molecule has 5 atom stereocenters. The summed E-state index contributed by atoms with van der Waals surface area (Å²) in [6.45, 7) is 9.41. The Hall–Kier alpha value is -2.33. The van der Waals surface area contributed by atoms with Gasteiger partial charge in [-0.3, -0.25) is 23.7 Å². The lowest BCUT2D eigenvalue weighted by Crippen LogP contribution is -2.38. The van der Waals surface area contributed by atoms with E-state index in [2.05, 4.69) is 10.1 Å². The topological polar surface area (TPSA) is 112 Å². The zero-order chi connectivity index (χ0) is 26.3. The van der Waals surface area contributed by atoms with Crippen LogP contribution in [0.4, 0.5) is 4.39 Å². The van der Waals surface area contributed by atoms with Gasteiger partial charge in [0.1, 0.15) is 18.0 Å². The first-order valence-electron chi connectivity index (χ1n) is 11.2. The molecule has 0 aliphatic carbocycles. The van der Waals surface area contributed by atoms with Crippen molar-refractivity contribution in [3.63, 3.8) is 0 Å². The van der Waals surface area contributed by atoms with Crippen molar-refractivity contribution < 1.29 is 27.7 Å². The van der Waals surface area contributed by atoms with Gasteiger partial charge in [0.2, 0.25) is 0 Å². The number of alkyl halides is 1. The first-order valence-corrected chi connectivity index (χ1v) is 13.5. The van der Waals surface area contributed by atoms with Crippen molar-refractivity contribution in [1.82, 2.24) is 14.6 Å². The Labute approximate surface area is 209 Å². The second-order valence-corrected chi connectivity index (χ2v) is 11.1. The summed E-state index contributed by atoms with van der Waals surface area (Å²) in [4.78, 5) is 26.6. The Morgan fingerprint density at radius 3 is 2.40 bits per heavy atom. The van der Waals surface area contributed by atoms with Gasteiger partial charge in [0.25, 0.3) is 5.56 Å². The van der Waals surface area contributed by atoms with Crippen LogP contribution in [0.25, 0.3) is 0 Å². The quantitative estimate of drug-likeness (QED) is 0.232. The van der Waals surface area contributed by atoms with Crippen molar-refractivity contribution >= 4 is 25.7 Å². The van der Waals surface area contributed by atoms with Crippen LogP contribution in [0.5, 0.6) is 5.75 Å². The summed E-state index contributed by atoms with van der Waals surface area (Å²) in [6.07, 6.45) is -2.64. The lowest BCUT2D eigenvalue weighted by Gasteiger charge is -2.29. The molecule has 1 aromatic heterocycles. The smallest absolute Gasteiger partial charge is 0.323 e. The molecule has 0 amide bonds. The van der Waals surface area contributed by atoms with E-state index in [9.17, 15) is 18.5 Å². The molecule has 2 aromatic rings. The van der Waals surface area contributed by atoms with Crippen LogP contribution in [0.3, 0.4) is 0 Å². The highest BCUT2D eigenvalue weighted by Gasteiger charge is 2.34. The monoisotopic (exact) mass is 529 g/mol. The fourth-order valence-corrected chi connectivity index (χ4v) is 5.64. The van der Waals surface area contributed by atoms with Gasteiger partial charge in [-0.25, -0.2) is 9.48 Å². The Bertz CT molecular complexity index is 1150. The summed E-state index contributed by atoms with van der Waals surface area (Å²) in [5, 5.41) is 2.76. The number of carbonyl (C=O) groups is 1. The average molecular weight is 530 g/mol. The fraction of sp³-hybridized carbons (Fsp3) is 0.522. The van der Waals surface area contributed by atoms with Crippen LogP contribution in [0.15, 0.2) is 41.3 Å². The summed E-state index contributed by atoms with van der Waals surface area (Å²) < 4.78 is 46.6. The SMILES string of the molecule is Cc1cn([C@@H](O[C@H](C)CP(=O)(N[C@@H](C)C(=O)OC(C)C)Oc2ccccc2)[C@@H](C)F)c(=S)[nH]c1=O. The predicted molar refractivity (Wildman–Crippen MR) is 134 cm³/mol. The van der Waals surface area contributed by atoms with Crippen LogP contribution in [0, 0.1) is 11.7 Å². The minimum Gasteiger partial charge on any atom is -0.462 e. The highest BCUT2D eigenvalue weighted by Crippen LogP contribution is 2.45. The van der Waals surface area contributed by atoms with Crippen molar-refractivity contribution in [3.8, 4) is 5.75 Å². The zero-order valence-corrected chi connectivity index (χ0v) is 22.4. The number of para-hydroxylation sites is 1. The van der Waals surface area contributed by atoms with Gasteiger partial charge >= 0.3 is 13.5 Å². The lowest BCUT2D eigenvalue weighted by atomic mass is 10.3. The van der Waals surface area contributed by atoms with Gasteiger partial charge in [0.05, 0.1) is 18.4 Å². The van der Waals surface area contributed by atoms with Gasteiger partial charge in [-0.15, -0.1) is 0 Å². The fourth-order valence-electron chi connectivity index (χ4n) is 3.24. The van der Waals surface area contributed by atoms with Crippen LogP contribution in [0.1, 0.15) is 46.4 Å². The van der Waals surface area contributed by atoms with E-state index in [1.807, 2.05) is 0 Å². The summed E-state index contributed by atoms with van der Waals surface area (Å²) in [7, 11) is -3.75. The van der Waals surface area contributed by atoms with E-state index in [4.69, 9.17) is 26.2 Å². The first-order chi connectivity index (χ1) is 16.3. The van der Waals surface area contributed by atoms with Gasteiger partial charge in [-0.2, -0.15) is 0 Å². The maximum absolute atomic E-state index is 14.6. The molecule has 0 fully saturated rings. The number of nitrogens with one attached hydrogen (secondary N) is 2. The summed E-state index contributed by atoms with van der Waals surface area (Å²) in [5.41, 5.74) is -0.0467. The van der Waals surface area contributed by atoms with Crippen molar-refractivity contribution in [2.24, 2.45) is 0 Å². The molecule has 1 heterocycles. The maximum Gasteiger partial charge on any atom is 0.323 e. The third-order valence-corrected chi connectivity index (χ3v) is 7.37. The number of aryl methyl sites for hydroxylation is 1. The van der Waals surface area contributed by atoms with Crippen molar-refractivity contribution in [1.29, 1.82) is 0 Å². The number of halogens is 1. The molecule has 2 rings (SSSR count). The lowest BCUT2D eigenvalue weighted by molar-refractivity contribution is -0.149. The van der Waals surface area contributed by atoms with Crippen molar-refractivity contribution in [2.45, 2.75) is 72.2 Å². The number of nitrogens with zero attached hydrogens (tertiary/aromatic N) is 1. The zero-order valence-electron chi connectivity index (χ0n) is 20.7. The van der Waals surface area contributed by atoms with E-state index in [1.165, 1.54) is 24.6 Å². The Balaban J connectivity index is 2.29. The van der Waals surface area contributed by atoms with E-state index in [1.54, 1.807) is 58.0 Å². The molecule has 0 aliphatic rings. The van der Waals surface area contributed by atoms with Crippen LogP contribution in [-0.2, 0) is 18.8 Å². The van der Waals surface area contributed by atoms with Crippen LogP contribution >= 0.6 is 19.7 Å². The van der Waals surface area contributed by atoms with E-state index in [0.29, 0.717) is 11.3 Å². The summed E-state index contributed by atoms with van der Waals surface area (Å²) in [6, 6.07) is 7.54. The van der Waals surface area contributed by atoms with E-state index >= 15 is 0 Å². The van der Waals surface area contributed by atoms with Crippen molar-refractivity contribution in [3.05, 3.63) is 57.2 Å². The normalized spacial score (nSPS) is 16.7. The van der Waals surface area contributed by atoms with E-state index in [-0.39, 0.29) is 22.6 Å². The number of rotatable bonds is 12. The van der Waals surface area contributed by atoms with Crippen LogP contribution < -0.4 is 15.2 Å². The largest absolute Gasteiger partial charge is 0.462 e. The number of hydrogen-bond acceptors (Lipinski definition) is 7. The summed E-state index contributed by atoms with van der Waals surface area (Å²) >= 11 is 5.18. The number of aromatic amines is 1. The third-order valence-electron chi connectivity index (χ3n) is 4.77. The molecule has 1 unspecified atom stereocenters. The predicted octanol–water partition coefficient (Wildman–Crippen LogP) is 4.68. The third kappa shape index (κ3) is 8.68. The Kier molecular flexibility index (Phi) is 10.4. The molecule has 0 bridgehead atoms. The number of ether oxygens (including phenoxy) is 2. The maximum atomic E-state index is 14.6. The second kappa shape index (κ2) is 12.6. The number of benzene rings is 1. The second-order valence-electron chi connectivity index (χ2n) is 8.59. The van der Waals surface area contributed by atoms with E-state index < -0.39 is 38.0 Å². The van der Waals surface area contributed by atoms with Gasteiger partial charge in [0, 0.05) is 11.8 Å². The van der Waals surface area contributed by atoms with Gasteiger partial charge < -0.3 is 14.0 Å². The number of H-pyrrole nitrogens is 1. The van der Waals surface area contributed by atoms with Crippen molar-refractivity contribution in [2.75, 3.05) is 6.16 Å². The molecule has 194 valence electrons. The number of carbonyl (C=O) groups excluding carboxylic acids is 1. The van der Waals surface area contributed by atoms with Crippen LogP contribution in [-0.4, -0.2) is 46.1 Å². The number of esters is 1. The van der Waals surface area contributed by atoms with Crippen LogP contribution in [0.2, 0.25) is 0 Å². The molecule has 2 N–H and O–H groups in total. The van der Waals surface area contributed by atoms with E-state index in [0.717, 1.165) is 0 Å². The standard InChI is InChI=1S/C23H33FN3O6PS/c1-14(2)31-22(29)18(6)26-34(30,33-19-10-8-7-9-11-19)13-16(4)32-21(17(5)24)27-12-15(3)20(28)25-23(27)35/h7-12,14,16-18,21H,13H2,1-6H3,(H,26,30)(H,25,28,35)/t16-,17-,18+,21+,34?/m1/s1. The number of hydrogen-bond donors (Lipinski definition) is 2.